The Kier molecular flexibility index (Phi) is 4.10. The molecule has 2 aromatic rings. The van der Waals surface area contributed by atoms with Gasteiger partial charge in [-0.25, -0.2) is 13.2 Å². The SMILES string of the molecule is O=C(c1ccc(Br)cc1Br)c1ccc(F)c(F)c1F. The van der Waals surface area contributed by atoms with Gasteiger partial charge in [-0.2, -0.15) is 0 Å². The van der Waals surface area contributed by atoms with Gasteiger partial charge in [0, 0.05) is 14.5 Å². The molecule has 98 valence electrons. The number of halogens is 5. The number of hydrogen-bond acceptors (Lipinski definition) is 1. The van der Waals surface area contributed by atoms with Crippen LogP contribution in [0.3, 0.4) is 0 Å². The molecule has 2 rings (SSSR count). The van der Waals surface area contributed by atoms with Crippen LogP contribution in [0.5, 0.6) is 0 Å². The average Bonchev–Trinajstić information content (AvgIpc) is 2.35. The Morgan fingerprint density at radius 3 is 2.16 bits per heavy atom. The highest BCUT2D eigenvalue weighted by atomic mass is 79.9. The van der Waals surface area contributed by atoms with Gasteiger partial charge in [-0.1, -0.05) is 15.9 Å². The molecule has 0 saturated heterocycles. The summed E-state index contributed by atoms with van der Waals surface area (Å²) in [4.78, 5) is 12.1. The highest BCUT2D eigenvalue weighted by Gasteiger charge is 2.21. The molecule has 0 unspecified atom stereocenters. The predicted octanol–water partition coefficient (Wildman–Crippen LogP) is 4.86. The zero-order valence-electron chi connectivity index (χ0n) is 9.18. The summed E-state index contributed by atoms with van der Waals surface area (Å²) in [5.41, 5.74) is -0.352. The smallest absolute Gasteiger partial charge is 0.197 e. The van der Waals surface area contributed by atoms with Crippen LogP contribution in [0.25, 0.3) is 0 Å². The molecule has 0 radical (unpaired) electrons. The van der Waals surface area contributed by atoms with Crippen LogP contribution in [0.2, 0.25) is 0 Å². The number of ketones is 1. The molecular formula is C13H5Br2F3O. The fraction of sp³-hybridized carbons (Fsp3) is 0. The van der Waals surface area contributed by atoms with Crippen molar-refractivity contribution in [1.29, 1.82) is 0 Å². The normalized spacial score (nSPS) is 10.6. The van der Waals surface area contributed by atoms with E-state index in [0.29, 0.717) is 4.47 Å². The lowest BCUT2D eigenvalue weighted by atomic mass is 10.0. The zero-order valence-corrected chi connectivity index (χ0v) is 12.4. The molecule has 0 aliphatic heterocycles. The fourth-order valence-corrected chi connectivity index (χ4v) is 2.75. The average molecular weight is 394 g/mol. The topological polar surface area (TPSA) is 17.1 Å². The maximum Gasteiger partial charge on any atom is 0.197 e. The third-order valence-corrected chi connectivity index (χ3v) is 3.60. The van der Waals surface area contributed by atoms with E-state index in [9.17, 15) is 18.0 Å². The quantitative estimate of drug-likeness (QED) is 0.526. The Bertz CT molecular complexity index is 671. The second-order valence-corrected chi connectivity index (χ2v) is 5.45. The second-order valence-electron chi connectivity index (χ2n) is 3.68. The summed E-state index contributed by atoms with van der Waals surface area (Å²) in [6, 6.07) is 6.29. The molecular weight excluding hydrogens is 389 g/mol. The van der Waals surface area contributed by atoms with Crippen molar-refractivity contribution < 1.29 is 18.0 Å². The molecule has 0 bridgehead atoms. The van der Waals surface area contributed by atoms with Crippen LogP contribution in [-0.4, -0.2) is 5.78 Å². The van der Waals surface area contributed by atoms with E-state index in [1.54, 1.807) is 12.1 Å². The molecule has 0 heterocycles. The minimum atomic E-state index is -1.65. The van der Waals surface area contributed by atoms with Crippen LogP contribution in [0.1, 0.15) is 15.9 Å². The largest absolute Gasteiger partial charge is 0.288 e. The van der Waals surface area contributed by atoms with Crippen LogP contribution in [-0.2, 0) is 0 Å². The Hall–Kier alpha value is -1.14. The van der Waals surface area contributed by atoms with Gasteiger partial charge in [0.05, 0.1) is 5.56 Å². The van der Waals surface area contributed by atoms with E-state index in [1.165, 1.54) is 6.07 Å². The van der Waals surface area contributed by atoms with E-state index < -0.39 is 28.8 Å². The first kappa shape index (κ1) is 14.3. The van der Waals surface area contributed by atoms with Gasteiger partial charge in [0.25, 0.3) is 0 Å². The lowest BCUT2D eigenvalue weighted by Crippen LogP contribution is -2.08. The van der Waals surface area contributed by atoms with E-state index in [0.717, 1.165) is 16.6 Å². The van der Waals surface area contributed by atoms with Crippen molar-refractivity contribution in [2.75, 3.05) is 0 Å². The predicted molar refractivity (Wildman–Crippen MR) is 71.6 cm³/mol. The van der Waals surface area contributed by atoms with Crippen molar-refractivity contribution in [1.82, 2.24) is 0 Å². The van der Waals surface area contributed by atoms with Gasteiger partial charge < -0.3 is 0 Å². The van der Waals surface area contributed by atoms with Crippen molar-refractivity contribution >= 4 is 37.6 Å². The van der Waals surface area contributed by atoms with E-state index >= 15 is 0 Å². The molecule has 1 nitrogen and oxygen atoms in total. The summed E-state index contributed by atoms with van der Waals surface area (Å²) in [5, 5.41) is 0. The Labute approximate surface area is 123 Å². The number of benzene rings is 2. The Morgan fingerprint density at radius 2 is 1.53 bits per heavy atom. The highest BCUT2D eigenvalue weighted by molar-refractivity contribution is 9.11. The van der Waals surface area contributed by atoms with Gasteiger partial charge >= 0.3 is 0 Å². The van der Waals surface area contributed by atoms with Gasteiger partial charge in [0.1, 0.15) is 0 Å². The summed E-state index contributed by atoms with van der Waals surface area (Å²) in [6.45, 7) is 0. The minimum Gasteiger partial charge on any atom is -0.288 e. The first-order valence-corrected chi connectivity index (χ1v) is 6.63. The van der Waals surface area contributed by atoms with Crippen molar-refractivity contribution in [3.05, 3.63) is 67.9 Å². The van der Waals surface area contributed by atoms with Gasteiger partial charge in [-0.3, -0.25) is 4.79 Å². The van der Waals surface area contributed by atoms with Crippen LogP contribution in [0.15, 0.2) is 39.3 Å². The van der Waals surface area contributed by atoms with Gasteiger partial charge in [0.2, 0.25) is 0 Å². The van der Waals surface area contributed by atoms with Gasteiger partial charge in [-0.05, 0) is 46.3 Å². The monoisotopic (exact) mass is 392 g/mol. The lowest BCUT2D eigenvalue weighted by Gasteiger charge is -2.06. The van der Waals surface area contributed by atoms with Crippen molar-refractivity contribution in [3.8, 4) is 0 Å². The van der Waals surface area contributed by atoms with E-state index in [-0.39, 0.29) is 5.56 Å². The molecule has 0 amide bonds. The standard InChI is InChI=1S/C13H5Br2F3O/c14-6-1-2-7(9(15)5-6)13(19)8-3-4-10(16)12(18)11(8)17/h1-5H. The van der Waals surface area contributed by atoms with Gasteiger partial charge in [-0.15, -0.1) is 0 Å². The first-order chi connectivity index (χ1) is 8.91. The fourth-order valence-electron chi connectivity index (χ4n) is 1.52. The lowest BCUT2D eigenvalue weighted by molar-refractivity contribution is 0.103. The summed E-state index contributed by atoms with van der Waals surface area (Å²) >= 11 is 6.37. The number of hydrogen-bond donors (Lipinski definition) is 0. The molecule has 0 fully saturated rings. The van der Waals surface area contributed by atoms with Crippen molar-refractivity contribution in [3.63, 3.8) is 0 Å². The third-order valence-electron chi connectivity index (χ3n) is 2.46. The number of carbonyl (C=O) groups is 1. The van der Waals surface area contributed by atoms with Crippen molar-refractivity contribution in [2.45, 2.75) is 0 Å². The Morgan fingerprint density at radius 1 is 0.895 bits per heavy atom. The van der Waals surface area contributed by atoms with Crippen LogP contribution < -0.4 is 0 Å². The maximum absolute atomic E-state index is 13.5. The van der Waals surface area contributed by atoms with Crippen LogP contribution >= 0.6 is 31.9 Å². The molecule has 0 aliphatic carbocycles. The zero-order chi connectivity index (χ0) is 14.2. The second kappa shape index (κ2) is 5.46. The molecule has 19 heavy (non-hydrogen) atoms. The van der Waals surface area contributed by atoms with E-state index in [4.69, 9.17) is 0 Å². The van der Waals surface area contributed by atoms with E-state index in [2.05, 4.69) is 31.9 Å². The molecule has 0 saturated carbocycles. The molecule has 2 aromatic carbocycles. The summed E-state index contributed by atoms with van der Waals surface area (Å²) in [6.07, 6.45) is 0. The van der Waals surface area contributed by atoms with Crippen LogP contribution in [0, 0.1) is 17.5 Å². The molecule has 0 aromatic heterocycles. The minimum absolute atomic E-state index is 0.160. The molecule has 0 N–H and O–H groups in total. The summed E-state index contributed by atoms with van der Waals surface area (Å²) < 4.78 is 40.6. The van der Waals surface area contributed by atoms with Crippen molar-refractivity contribution in [2.24, 2.45) is 0 Å². The molecule has 0 aliphatic rings. The highest BCUT2D eigenvalue weighted by Crippen LogP contribution is 2.26. The first-order valence-electron chi connectivity index (χ1n) is 5.05. The maximum atomic E-state index is 13.5. The summed E-state index contributed by atoms with van der Waals surface area (Å²) in [5.74, 6) is -5.20. The third kappa shape index (κ3) is 2.74. The molecule has 0 spiro atoms. The van der Waals surface area contributed by atoms with Crippen LogP contribution in [0.4, 0.5) is 13.2 Å². The Balaban J connectivity index is 2.53. The number of carbonyl (C=O) groups excluding carboxylic acids is 1. The van der Waals surface area contributed by atoms with E-state index in [1.807, 2.05) is 0 Å². The molecule has 0 atom stereocenters. The summed E-state index contributed by atoms with van der Waals surface area (Å²) in [7, 11) is 0. The molecule has 6 heteroatoms. The number of rotatable bonds is 2. The van der Waals surface area contributed by atoms with Gasteiger partial charge in [0.15, 0.2) is 23.2 Å².